The number of nitrogens with two attached hydrogens (primary N) is 1. The van der Waals surface area contributed by atoms with Crippen LogP contribution in [0.4, 0.5) is 14.5 Å². The number of hydrogen-bond acceptors (Lipinski definition) is 3. The van der Waals surface area contributed by atoms with Crippen LogP contribution in [0.5, 0.6) is 5.75 Å². The number of carbonyl (C=O) groups is 1. The summed E-state index contributed by atoms with van der Waals surface area (Å²) in [6.07, 6.45) is 0. The third-order valence-corrected chi connectivity index (χ3v) is 2.65. The van der Waals surface area contributed by atoms with E-state index in [1.165, 1.54) is 18.2 Å². The number of carboxylic acids is 1. The van der Waals surface area contributed by atoms with E-state index in [9.17, 15) is 13.6 Å². The third-order valence-electron chi connectivity index (χ3n) is 2.65. The number of aromatic carboxylic acids is 1. The molecular formula is C14H11F2NO3. The minimum atomic E-state index is -1.22. The van der Waals surface area contributed by atoms with Crippen molar-refractivity contribution in [3.05, 3.63) is 59.2 Å². The van der Waals surface area contributed by atoms with Crippen LogP contribution in [0.25, 0.3) is 0 Å². The lowest BCUT2D eigenvalue weighted by atomic mass is 10.1. The van der Waals surface area contributed by atoms with Gasteiger partial charge in [-0.15, -0.1) is 0 Å². The van der Waals surface area contributed by atoms with Gasteiger partial charge in [0, 0.05) is 5.69 Å². The topological polar surface area (TPSA) is 72.5 Å². The zero-order chi connectivity index (χ0) is 14.7. The number of hydrogen-bond donors (Lipinski definition) is 2. The van der Waals surface area contributed by atoms with Crippen LogP contribution in [0.3, 0.4) is 0 Å². The maximum Gasteiger partial charge on any atom is 0.341 e. The van der Waals surface area contributed by atoms with E-state index in [1.807, 2.05) is 0 Å². The molecule has 0 spiro atoms. The monoisotopic (exact) mass is 279 g/mol. The summed E-state index contributed by atoms with van der Waals surface area (Å²) in [5.74, 6) is -3.09. The van der Waals surface area contributed by atoms with Crippen molar-refractivity contribution in [3.8, 4) is 5.75 Å². The SMILES string of the molecule is Nc1cccc(OCc2ccc(F)c(F)c2)c1C(=O)O. The van der Waals surface area contributed by atoms with E-state index in [4.69, 9.17) is 15.6 Å². The Morgan fingerprint density at radius 3 is 2.60 bits per heavy atom. The van der Waals surface area contributed by atoms with Crippen LogP contribution in [0.2, 0.25) is 0 Å². The fraction of sp³-hybridized carbons (Fsp3) is 0.0714. The number of nitrogen functional groups attached to an aromatic ring is 1. The average molecular weight is 279 g/mol. The molecule has 0 saturated heterocycles. The molecule has 104 valence electrons. The lowest BCUT2D eigenvalue weighted by molar-refractivity contribution is 0.0693. The van der Waals surface area contributed by atoms with Gasteiger partial charge in [0.1, 0.15) is 17.9 Å². The Labute approximate surface area is 113 Å². The molecule has 0 aromatic heterocycles. The molecule has 0 unspecified atom stereocenters. The first-order chi connectivity index (χ1) is 9.49. The maximum atomic E-state index is 13.0. The van der Waals surface area contributed by atoms with Gasteiger partial charge in [-0.25, -0.2) is 13.6 Å². The van der Waals surface area contributed by atoms with E-state index >= 15 is 0 Å². The van der Waals surface area contributed by atoms with Crippen LogP contribution in [0, 0.1) is 11.6 Å². The van der Waals surface area contributed by atoms with Crippen molar-refractivity contribution in [2.75, 3.05) is 5.73 Å². The fourth-order valence-corrected chi connectivity index (χ4v) is 1.69. The molecule has 0 saturated carbocycles. The number of rotatable bonds is 4. The highest BCUT2D eigenvalue weighted by Crippen LogP contribution is 2.25. The predicted octanol–water partition coefficient (Wildman–Crippen LogP) is 2.82. The smallest absolute Gasteiger partial charge is 0.341 e. The second-order valence-corrected chi connectivity index (χ2v) is 4.06. The standard InChI is InChI=1S/C14H11F2NO3/c15-9-5-4-8(6-10(9)16)7-20-12-3-1-2-11(17)13(12)14(18)19/h1-6H,7,17H2,(H,18,19). The van der Waals surface area contributed by atoms with Gasteiger partial charge in [0.25, 0.3) is 0 Å². The van der Waals surface area contributed by atoms with Crippen LogP contribution in [-0.2, 0) is 6.61 Å². The van der Waals surface area contributed by atoms with Gasteiger partial charge in [0.2, 0.25) is 0 Å². The van der Waals surface area contributed by atoms with Gasteiger partial charge in [-0.3, -0.25) is 0 Å². The molecule has 0 bridgehead atoms. The van der Waals surface area contributed by atoms with E-state index in [1.54, 1.807) is 6.07 Å². The van der Waals surface area contributed by atoms with Crippen LogP contribution >= 0.6 is 0 Å². The number of anilines is 1. The molecule has 0 amide bonds. The molecular weight excluding hydrogens is 268 g/mol. The minimum Gasteiger partial charge on any atom is -0.488 e. The lowest BCUT2D eigenvalue weighted by Gasteiger charge is -2.11. The summed E-state index contributed by atoms with van der Waals surface area (Å²) in [5.41, 5.74) is 5.85. The van der Waals surface area contributed by atoms with Gasteiger partial charge in [-0.1, -0.05) is 12.1 Å². The van der Waals surface area contributed by atoms with Crippen LogP contribution in [0.1, 0.15) is 15.9 Å². The Morgan fingerprint density at radius 2 is 1.95 bits per heavy atom. The number of benzene rings is 2. The van der Waals surface area contributed by atoms with Crippen molar-refractivity contribution < 1.29 is 23.4 Å². The highest BCUT2D eigenvalue weighted by Gasteiger charge is 2.15. The highest BCUT2D eigenvalue weighted by atomic mass is 19.2. The molecule has 0 fully saturated rings. The van der Waals surface area contributed by atoms with Gasteiger partial charge >= 0.3 is 5.97 Å². The van der Waals surface area contributed by atoms with E-state index in [2.05, 4.69) is 0 Å². The average Bonchev–Trinajstić information content (AvgIpc) is 2.39. The molecule has 0 aliphatic carbocycles. The van der Waals surface area contributed by atoms with Crippen molar-refractivity contribution in [3.63, 3.8) is 0 Å². The van der Waals surface area contributed by atoms with Gasteiger partial charge in [-0.05, 0) is 29.8 Å². The lowest BCUT2D eigenvalue weighted by Crippen LogP contribution is -2.07. The molecule has 4 nitrogen and oxygen atoms in total. The molecule has 6 heteroatoms. The summed E-state index contributed by atoms with van der Waals surface area (Å²) < 4.78 is 31.1. The van der Waals surface area contributed by atoms with Crippen molar-refractivity contribution in [1.82, 2.24) is 0 Å². The third kappa shape index (κ3) is 2.85. The molecule has 3 N–H and O–H groups in total. The van der Waals surface area contributed by atoms with Crippen LogP contribution in [-0.4, -0.2) is 11.1 Å². The summed E-state index contributed by atoms with van der Waals surface area (Å²) in [6.45, 7) is -0.0963. The largest absolute Gasteiger partial charge is 0.488 e. The first-order valence-electron chi connectivity index (χ1n) is 5.67. The second-order valence-electron chi connectivity index (χ2n) is 4.06. The molecule has 2 rings (SSSR count). The second kappa shape index (κ2) is 5.56. The molecule has 0 aliphatic rings. The summed E-state index contributed by atoms with van der Waals surface area (Å²) in [5, 5.41) is 9.05. The fourth-order valence-electron chi connectivity index (χ4n) is 1.69. The van der Waals surface area contributed by atoms with E-state index in [0.29, 0.717) is 5.56 Å². The zero-order valence-corrected chi connectivity index (χ0v) is 10.3. The quantitative estimate of drug-likeness (QED) is 0.844. The van der Waals surface area contributed by atoms with Gasteiger partial charge in [-0.2, -0.15) is 0 Å². The minimum absolute atomic E-state index is 0.0697. The zero-order valence-electron chi connectivity index (χ0n) is 10.3. The molecule has 0 aliphatic heterocycles. The Hall–Kier alpha value is -2.63. The van der Waals surface area contributed by atoms with Crippen molar-refractivity contribution in [1.29, 1.82) is 0 Å². The van der Waals surface area contributed by atoms with Gasteiger partial charge in [0.15, 0.2) is 11.6 Å². The van der Waals surface area contributed by atoms with E-state index in [0.717, 1.165) is 12.1 Å². The van der Waals surface area contributed by atoms with Gasteiger partial charge < -0.3 is 15.6 Å². The summed E-state index contributed by atoms with van der Waals surface area (Å²) in [6, 6.07) is 7.74. The summed E-state index contributed by atoms with van der Waals surface area (Å²) in [4.78, 5) is 11.1. The van der Waals surface area contributed by atoms with Gasteiger partial charge in [0.05, 0.1) is 0 Å². The van der Waals surface area contributed by atoms with Crippen molar-refractivity contribution >= 4 is 11.7 Å². The first-order valence-corrected chi connectivity index (χ1v) is 5.67. The molecule has 2 aromatic carbocycles. The number of ether oxygens (including phenoxy) is 1. The predicted molar refractivity (Wildman–Crippen MR) is 68.5 cm³/mol. The Bertz CT molecular complexity index is 659. The summed E-state index contributed by atoms with van der Waals surface area (Å²) >= 11 is 0. The molecule has 2 aromatic rings. The molecule has 20 heavy (non-hydrogen) atoms. The first kappa shape index (κ1) is 13.8. The van der Waals surface area contributed by atoms with E-state index in [-0.39, 0.29) is 23.6 Å². The highest BCUT2D eigenvalue weighted by molar-refractivity contribution is 5.96. The number of halogens is 2. The Morgan fingerprint density at radius 1 is 1.20 bits per heavy atom. The Kier molecular flexibility index (Phi) is 3.84. The summed E-state index contributed by atoms with van der Waals surface area (Å²) in [7, 11) is 0. The van der Waals surface area contributed by atoms with Crippen LogP contribution in [0.15, 0.2) is 36.4 Å². The molecule has 0 atom stereocenters. The molecule has 0 radical (unpaired) electrons. The van der Waals surface area contributed by atoms with Crippen molar-refractivity contribution in [2.24, 2.45) is 0 Å². The van der Waals surface area contributed by atoms with Crippen LogP contribution < -0.4 is 10.5 Å². The maximum absolute atomic E-state index is 13.0. The molecule has 0 heterocycles. The number of carboxylic acid groups (broad SMARTS) is 1. The Balaban J connectivity index is 2.21. The van der Waals surface area contributed by atoms with E-state index < -0.39 is 17.6 Å². The van der Waals surface area contributed by atoms with Crippen molar-refractivity contribution in [2.45, 2.75) is 6.61 Å². The normalized spacial score (nSPS) is 10.3.